The highest BCUT2D eigenvalue weighted by Crippen LogP contribution is 2.57. The first kappa shape index (κ1) is 14.2. The Bertz CT molecular complexity index is 348. The quantitative estimate of drug-likeness (QED) is 0.735. The van der Waals surface area contributed by atoms with Crippen LogP contribution in [0.25, 0.3) is 0 Å². The zero-order valence-corrected chi connectivity index (χ0v) is 12.2. The van der Waals surface area contributed by atoms with Crippen molar-refractivity contribution in [2.45, 2.75) is 52.4 Å². The third-order valence-corrected chi connectivity index (χ3v) is 6.09. The SMILES string of the molecule is CCC1(C)COP(=O)(C(=O)C2CCCCC2)OC1. The first-order valence-corrected chi connectivity index (χ1v) is 8.47. The second kappa shape index (κ2) is 5.44. The molecule has 2 aliphatic rings. The predicted octanol–water partition coefficient (Wildman–Crippen LogP) is 3.75. The molecule has 1 saturated heterocycles. The minimum absolute atomic E-state index is 0.110. The summed E-state index contributed by atoms with van der Waals surface area (Å²) in [4.78, 5) is 12.3. The highest BCUT2D eigenvalue weighted by molar-refractivity contribution is 7.71. The van der Waals surface area contributed by atoms with Crippen LogP contribution in [0, 0.1) is 11.3 Å². The molecule has 0 aromatic carbocycles. The molecule has 4 nitrogen and oxygen atoms in total. The number of hydrogen-bond donors (Lipinski definition) is 0. The van der Waals surface area contributed by atoms with Gasteiger partial charge < -0.3 is 9.05 Å². The van der Waals surface area contributed by atoms with Crippen LogP contribution in [0.4, 0.5) is 0 Å². The van der Waals surface area contributed by atoms with E-state index in [4.69, 9.17) is 9.05 Å². The molecule has 2 rings (SSSR count). The zero-order chi connectivity index (χ0) is 13.2. The second-order valence-corrected chi connectivity index (χ2v) is 7.83. The summed E-state index contributed by atoms with van der Waals surface area (Å²) in [7, 11) is -3.50. The van der Waals surface area contributed by atoms with Gasteiger partial charge in [-0.3, -0.25) is 9.36 Å². The summed E-state index contributed by atoms with van der Waals surface area (Å²) in [6.07, 6.45) is 5.82. The number of hydrogen-bond acceptors (Lipinski definition) is 4. The standard InChI is InChI=1S/C13H23O4P/c1-3-13(2)9-16-18(15,17-10-13)12(14)11-7-5-4-6-8-11/h11H,3-10H2,1-2H3. The van der Waals surface area contributed by atoms with Crippen LogP contribution in [0.1, 0.15) is 52.4 Å². The molecule has 1 aliphatic heterocycles. The van der Waals surface area contributed by atoms with Crippen LogP contribution in [-0.2, 0) is 18.4 Å². The molecule has 1 aliphatic carbocycles. The van der Waals surface area contributed by atoms with Gasteiger partial charge in [0, 0.05) is 11.3 Å². The predicted molar refractivity (Wildman–Crippen MR) is 69.5 cm³/mol. The third-order valence-electron chi connectivity index (χ3n) is 4.24. The molecule has 0 aromatic rings. The first-order valence-electron chi connectivity index (χ1n) is 6.93. The van der Waals surface area contributed by atoms with Crippen molar-refractivity contribution in [1.29, 1.82) is 0 Å². The summed E-state index contributed by atoms with van der Waals surface area (Å²) < 4.78 is 23.2. The molecule has 0 N–H and O–H groups in total. The molecule has 104 valence electrons. The smallest absolute Gasteiger partial charge is 0.303 e. The fourth-order valence-electron chi connectivity index (χ4n) is 2.47. The Morgan fingerprint density at radius 3 is 2.28 bits per heavy atom. The van der Waals surface area contributed by atoms with Gasteiger partial charge in [0.05, 0.1) is 13.2 Å². The maximum atomic E-state index is 12.4. The van der Waals surface area contributed by atoms with Gasteiger partial charge in [0.2, 0.25) is 5.52 Å². The zero-order valence-electron chi connectivity index (χ0n) is 11.3. The molecule has 0 unspecified atom stereocenters. The Labute approximate surface area is 109 Å². The largest absolute Gasteiger partial charge is 0.397 e. The number of carbonyl (C=O) groups excluding carboxylic acids is 1. The summed E-state index contributed by atoms with van der Waals surface area (Å²) in [5.74, 6) is -0.115. The van der Waals surface area contributed by atoms with Gasteiger partial charge in [-0.2, -0.15) is 0 Å². The van der Waals surface area contributed by atoms with Crippen molar-refractivity contribution in [3.63, 3.8) is 0 Å². The molecule has 2 fully saturated rings. The average molecular weight is 274 g/mol. The summed E-state index contributed by atoms with van der Waals surface area (Å²) >= 11 is 0. The molecule has 0 bridgehead atoms. The van der Waals surface area contributed by atoms with E-state index in [0.29, 0.717) is 13.2 Å². The second-order valence-electron chi connectivity index (χ2n) is 5.88. The van der Waals surface area contributed by atoms with Gasteiger partial charge in [0.15, 0.2) is 0 Å². The fourth-order valence-corrected chi connectivity index (χ4v) is 4.46. The molecular formula is C13H23O4P. The van der Waals surface area contributed by atoms with E-state index in [9.17, 15) is 9.36 Å². The molecule has 0 atom stereocenters. The van der Waals surface area contributed by atoms with Gasteiger partial charge in [-0.05, 0) is 19.3 Å². The van der Waals surface area contributed by atoms with Gasteiger partial charge in [-0.1, -0.05) is 33.1 Å². The lowest BCUT2D eigenvalue weighted by Crippen LogP contribution is -2.34. The lowest BCUT2D eigenvalue weighted by atomic mass is 9.90. The van der Waals surface area contributed by atoms with Crippen LogP contribution in [0.15, 0.2) is 0 Å². The topological polar surface area (TPSA) is 52.6 Å². The highest BCUT2D eigenvalue weighted by atomic mass is 31.2. The monoisotopic (exact) mass is 274 g/mol. The Kier molecular flexibility index (Phi) is 4.30. The first-order chi connectivity index (χ1) is 8.49. The molecule has 0 spiro atoms. The van der Waals surface area contributed by atoms with Crippen LogP contribution in [0.5, 0.6) is 0 Å². The molecular weight excluding hydrogens is 251 g/mol. The van der Waals surface area contributed by atoms with Gasteiger partial charge in [-0.15, -0.1) is 0 Å². The molecule has 1 heterocycles. The van der Waals surface area contributed by atoms with Gasteiger partial charge >= 0.3 is 7.60 Å². The fraction of sp³-hybridized carbons (Fsp3) is 0.923. The lowest BCUT2D eigenvalue weighted by Gasteiger charge is -2.36. The van der Waals surface area contributed by atoms with Crippen LogP contribution >= 0.6 is 7.60 Å². The van der Waals surface area contributed by atoms with E-state index in [2.05, 4.69) is 0 Å². The molecule has 18 heavy (non-hydrogen) atoms. The van der Waals surface area contributed by atoms with E-state index in [-0.39, 0.29) is 16.9 Å². The van der Waals surface area contributed by atoms with Crippen molar-refractivity contribution in [2.75, 3.05) is 13.2 Å². The lowest BCUT2D eigenvalue weighted by molar-refractivity contribution is -0.119. The van der Waals surface area contributed by atoms with Gasteiger partial charge in [0.1, 0.15) is 0 Å². The maximum absolute atomic E-state index is 12.4. The van der Waals surface area contributed by atoms with Gasteiger partial charge in [-0.25, -0.2) is 0 Å². The third kappa shape index (κ3) is 2.87. The molecule has 1 saturated carbocycles. The average Bonchev–Trinajstić information content (AvgIpc) is 2.43. The van der Waals surface area contributed by atoms with E-state index in [1.807, 2.05) is 13.8 Å². The van der Waals surface area contributed by atoms with Crippen LogP contribution in [-0.4, -0.2) is 18.7 Å². The maximum Gasteiger partial charge on any atom is 0.397 e. The van der Waals surface area contributed by atoms with E-state index in [0.717, 1.165) is 32.1 Å². The van der Waals surface area contributed by atoms with E-state index in [1.54, 1.807) is 0 Å². The van der Waals surface area contributed by atoms with Crippen molar-refractivity contribution in [3.8, 4) is 0 Å². The molecule has 0 amide bonds. The Morgan fingerprint density at radius 1 is 1.22 bits per heavy atom. The summed E-state index contributed by atoms with van der Waals surface area (Å²) in [6.45, 7) is 4.80. The normalized spacial score (nSPS) is 38.6. The molecule has 5 heteroatoms. The van der Waals surface area contributed by atoms with Crippen LogP contribution in [0.3, 0.4) is 0 Å². The Balaban J connectivity index is 2.00. The van der Waals surface area contributed by atoms with E-state index in [1.165, 1.54) is 6.42 Å². The number of rotatable bonds is 3. The van der Waals surface area contributed by atoms with Crippen LogP contribution < -0.4 is 0 Å². The summed E-state index contributed by atoms with van der Waals surface area (Å²) in [5, 5.41) is 0. The highest BCUT2D eigenvalue weighted by Gasteiger charge is 2.46. The van der Waals surface area contributed by atoms with Crippen molar-refractivity contribution >= 4 is 13.1 Å². The van der Waals surface area contributed by atoms with Crippen molar-refractivity contribution in [3.05, 3.63) is 0 Å². The van der Waals surface area contributed by atoms with Gasteiger partial charge in [0.25, 0.3) is 0 Å². The van der Waals surface area contributed by atoms with E-state index < -0.39 is 7.60 Å². The summed E-state index contributed by atoms with van der Waals surface area (Å²) in [5.41, 5.74) is -0.388. The van der Waals surface area contributed by atoms with Crippen molar-refractivity contribution in [1.82, 2.24) is 0 Å². The van der Waals surface area contributed by atoms with Crippen LogP contribution in [0.2, 0.25) is 0 Å². The Hall–Kier alpha value is -0.180. The molecule has 0 aromatic heterocycles. The minimum atomic E-state index is -3.50. The Morgan fingerprint density at radius 2 is 1.78 bits per heavy atom. The number of carbonyl (C=O) groups is 1. The summed E-state index contributed by atoms with van der Waals surface area (Å²) in [6, 6.07) is 0. The van der Waals surface area contributed by atoms with E-state index >= 15 is 0 Å². The minimum Gasteiger partial charge on any atom is -0.303 e. The molecule has 0 radical (unpaired) electrons. The van der Waals surface area contributed by atoms with Crippen molar-refractivity contribution < 1.29 is 18.4 Å². The van der Waals surface area contributed by atoms with Crippen molar-refractivity contribution in [2.24, 2.45) is 11.3 Å².